The van der Waals surface area contributed by atoms with E-state index in [0.29, 0.717) is 0 Å². The molecule has 0 saturated carbocycles. The summed E-state index contributed by atoms with van der Waals surface area (Å²) in [5.74, 6) is 1.69. The Morgan fingerprint density at radius 3 is 2.73 bits per heavy atom. The molecular formula is C10H21N5. The molecule has 1 atom stereocenters. The molecule has 0 amide bonds. The molecule has 86 valence electrons. The Morgan fingerprint density at radius 2 is 2.13 bits per heavy atom. The quantitative estimate of drug-likeness (QED) is 0.672. The van der Waals surface area contributed by atoms with Crippen LogP contribution >= 0.6 is 0 Å². The van der Waals surface area contributed by atoms with Gasteiger partial charge in [-0.25, -0.2) is 9.98 Å². The highest BCUT2D eigenvalue weighted by atomic mass is 15.4. The predicted octanol–water partition coefficient (Wildman–Crippen LogP) is 0.599. The van der Waals surface area contributed by atoms with E-state index in [9.17, 15) is 0 Å². The van der Waals surface area contributed by atoms with Gasteiger partial charge in [0.1, 0.15) is 6.17 Å². The van der Waals surface area contributed by atoms with Gasteiger partial charge in [0.2, 0.25) is 5.96 Å². The zero-order valence-electron chi connectivity index (χ0n) is 10.0. The van der Waals surface area contributed by atoms with Crippen LogP contribution in [0.25, 0.3) is 0 Å². The summed E-state index contributed by atoms with van der Waals surface area (Å²) in [6.07, 6.45) is 2.33. The van der Waals surface area contributed by atoms with Gasteiger partial charge < -0.3 is 10.2 Å². The van der Waals surface area contributed by atoms with Crippen LogP contribution in [0.15, 0.2) is 9.98 Å². The Labute approximate surface area is 91.7 Å². The monoisotopic (exact) mass is 211 g/mol. The lowest BCUT2D eigenvalue weighted by Crippen LogP contribution is -2.49. The first-order valence-electron chi connectivity index (χ1n) is 5.47. The molecule has 0 aliphatic carbocycles. The maximum Gasteiger partial charge on any atom is 0.202 e. The molecule has 0 aromatic rings. The van der Waals surface area contributed by atoms with Crippen molar-refractivity contribution in [2.24, 2.45) is 9.98 Å². The molecule has 0 fully saturated rings. The maximum absolute atomic E-state index is 4.37. The fraction of sp³-hybridized carbons (Fsp3) is 0.800. The number of guanidine groups is 2. The van der Waals surface area contributed by atoms with E-state index in [1.807, 2.05) is 25.9 Å². The number of hydrogen-bond donors (Lipinski definition) is 2. The summed E-state index contributed by atoms with van der Waals surface area (Å²) < 4.78 is 0. The van der Waals surface area contributed by atoms with Gasteiger partial charge in [-0.2, -0.15) is 0 Å². The van der Waals surface area contributed by atoms with Crippen molar-refractivity contribution in [3.05, 3.63) is 0 Å². The van der Waals surface area contributed by atoms with Crippen LogP contribution in [0, 0.1) is 0 Å². The molecule has 1 aliphatic heterocycles. The molecule has 0 bridgehead atoms. The van der Waals surface area contributed by atoms with E-state index in [2.05, 4.69) is 27.5 Å². The van der Waals surface area contributed by atoms with Gasteiger partial charge in [0.25, 0.3) is 0 Å². The molecule has 2 N–H and O–H groups in total. The highest BCUT2D eigenvalue weighted by Gasteiger charge is 2.13. The first-order valence-corrected chi connectivity index (χ1v) is 5.47. The fourth-order valence-electron chi connectivity index (χ4n) is 1.26. The van der Waals surface area contributed by atoms with Gasteiger partial charge in [0.15, 0.2) is 5.96 Å². The van der Waals surface area contributed by atoms with E-state index >= 15 is 0 Å². The third-order valence-electron chi connectivity index (χ3n) is 2.10. The summed E-state index contributed by atoms with van der Waals surface area (Å²) in [6, 6.07) is 0. The summed E-state index contributed by atoms with van der Waals surface area (Å²) in [6.45, 7) is 5.11. The van der Waals surface area contributed by atoms with E-state index in [1.165, 1.54) is 6.42 Å². The van der Waals surface area contributed by atoms with Crippen molar-refractivity contribution in [2.45, 2.75) is 32.9 Å². The van der Waals surface area contributed by atoms with E-state index in [-0.39, 0.29) is 6.17 Å². The van der Waals surface area contributed by atoms with Gasteiger partial charge in [0, 0.05) is 20.6 Å². The SMILES string of the molecule is CCCCNC1=NC(C)N=C(N(C)C)N1. The number of hydrogen-bond acceptors (Lipinski definition) is 5. The van der Waals surface area contributed by atoms with Crippen molar-refractivity contribution in [2.75, 3.05) is 20.6 Å². The molecule has 0 radical (unpaired) electrons. The minimum atomic E-state index is -0.00669. The Bertz CT molecular complexity index is 257. The number of nitrogens with zero attached hydrogens (tertiary/aromatic N) is 3. The van der Waals surface area contributed by atoms with Crippen LogP contribution in [0.5, 0.6) is 0 Å². The highest BCUT2D eigenvalue weighted by Crippen LogP contribution is 1.99. The summed E-state index contributed by atoms with van der Waals surface area (Å²) in [4.78, 5) is 10.7. The van der Waals surface area contributed by atoms with Crippen LogP contribution < -0.4 is 10.6 Å². The van der Waals surface area contributed by atoms with Crippen molar-refractivity contribution in [3.8, 4) is 0 Å². The lowest BCUT2D eigenvalue weighted by atomic mass is 10.3. The first-order chi connectivity index (χ1) is 7.13. The lowest BCUT2D eigenvalue weighted by molar-refractivity contribution is 0.577. The Balaban J connectivity index is 2.47. The molecule has 5 nitrogen and oxygen atoms in total. The second-order valence-electron chi connectivity index (χ2n) is 3.86. The largest absolute Gasteiger partial charge is 0.356 e. The van der Waals surface area contributed by atoms with Gasteiger partial charge in [-0.05, 0) is 13.3 Å². The van der Waals surface area contributed by atoms with Gasteiger partial charge >= 0.3 is 0 Å². The van der Waals surface area contributed by atoms with E-state index in [4.69, 9.17) is 0 Å². The Morgan fingerprint density at radius 1 is 1.40 bits per heavy atom. The van der Waals surface area contributed by atoms with Crippen LogP contribution in [0.2, 0.25) is 0 Å². The van der Waals surface area contributed by atoms with E-state index in [1.54, 1.807) is 0 Å². The number of aliphatic imine (C=N–C) groups is 2. The standard InChI is InChI=1S/C10H21N5/c1-5-6-7-11-9-12-8(2)13-10(14-9)15(3)4/h8H,5-7H2,1-4H3,(H2,11,12,13,14). The van der Waals surface area contributed by atoms with E-state index in [0.717, 1.165) is 24.9 Å². The summed E-state index contributed by atoms with van der Waals surface area (Å²) in [5, 5.41) is 6.43. The first kappa shape index (κ1) is 11.8. The Hall–Kier alpha value is -1.26. The second-order valence-corrected chi connectivity index (χ2v) is 3.86. The van der Waals surface area contributed by atoms with Crippen LogP contribution in [-0.2, 0) is 0 Å². The summed E-state index contributed by atoms with van der Waals surface area (Å²) in [7, 11) is 3.93. The van der Waals surface area contributed by atoms with Crippen LogP contribution in [0.3, 0.4) is 0 Å². The molecule has 0 saturated heterocycles. The highest BCUT2D eigenvalue weighted by molar-refractivity contribution is 5.99. The molecular weight excluding hydrogens is 190 g/mol. The van der Waals surface area contributed by atoms with Gasteiger partial charge in [-0.15, -0.1) is 0 Å². The van der Waals surface area contributed by atoms with Crippen molar-refractivity contribution < 1.29 is 0 Å². The van der Waals surface area contributed by atoms with Crippen molar-refractivity contribution in [1.82, 2.24) is 15.5 Å². The molecule has 1 rings (SSSR count). The topological polar surface area (TPSA) is 52.0 Å². The van der Waals surface area contributed by atoms with Gasteiger partial charge in [-0.1, -0.05) is 13.3 Å². The zero-order chi connectivity index (χ0) is 11.3. The fourth-order valence-corrected chi connectivity index (χ4v) is 1.26. The zero-order valence-corrected chi connectivity index (χ0v) is 10.0. The van der Waals surface area contributed by atoms with Crippen LogP contribution in [0.4, 0.5) is 0 Å². The van der Waals surface area contributed by atoms with Crippen LogP contribution in [-0.4, -0.2) is 43.6 Å². The van der Waals surface area contributed by atoms with Gasteiger partial charge in [0.05, 0.1) is 0 Å². The third-order valence-corrected chi connectivity index (χ3v) is 2.10. The minimum absolute atomic E-state index is 0.00669. The third kappa shape index (κ3) is 3.77. The summed E-state index contributed by atoms with van der Waals surface area (Å²) in [5.41, 5.74) is 0. The molecule has 1 heterocycles. The smallest absolute Gasteiger partial charge is 0.202 e. The van der Waals surface area contributed by atoms with Crippen LogP contribution in [0.1, 0.15) is 26.7 Å². The number of nitrogens with one attached hydrogen (secondary N) is 2. The average molecular weight is 211 g/mol. The predicted molar refractivity (Wildman–Crippen MR) is 64.1 cm³/mol. The number of rotatable bonds is 3. The second kappa shape index (κ2) is 5.58. The molecule has 1 aliphatic rings. The molecule has 0 spiro atoms. The number of unbranched alkanes of at least 4 members (excludes halogenated alkanes) is 1. The molecule has 0 aromatic carbocycles. The van der Waals surface area contributed by atoms with Crippen molar-refractivity contribution >= 4 is 11.9 Å². The van der Waals surface area contributed by atoms with E-state index < -0.39 is 0 Å². The molecule has 5 heteroatoms. The lowest BCUT2D eigenvalue weighted by Gasteiger charge is -2.24. The Kier molecular flexibility index (Phi) is 4.39. The average Bonchev–Trinajstić information content (AvgIpc) is 2.17. The molecule has 1 unspecified atom stereocenters. The normalized spacial score (nSPS) is 20.1. The minimum Gasteiger partial charge on any atom is -0.356 e. The maximum atomic E-state index is 4.37. The van der Waals surface area contributed by atoms with Gasteiger partial charge in [-0.3, -0.25) is 5.32 Å². The van der Waals surface area contributed by atoms with Crippen molar-refractivity contribution in [3.63, 3.8) is 0 Å². The molecule has 15 heavy (non-hydrogen) atoms. The molecule has 0 aromatic heterocycles. The van der Waals surface area contributed by atoms with Crippen molar-refractivity contribution in [1.29, 1.82) is 0 Å². The summed E-state index contributed by atoms with van der Waals surface area (Å²) >= 11 is 0.